The lowest BCUT2D eigenvalue weighted by Crippen LogP contribution is -2.35. The lowest BCUT2D eigenvalue weighted by atomic mass is 9.86. The highest BCUT2D eigenvalue weighted by molar-refractivity contribution is 7.92. The predicted octanol–water partition coefficient (Wildman–Crippen LogP) is 1.92. The van der Waals surface area contributed by atoms with Crippen molar-refractivity contribution in [1.82, 2.24) is 4.72 Å². The molecular formula is C19H26N2O5S2. The molecule has 1 amide bonds. The first kappa shape index (κ1) is 19.8. The Morgan fingerprint density at radius 3 is 2.39 bits per heavy atom. The standard InChI is InChI=1S/C19H26N2O5S2/c22-19(11-15-10-13-1-2-14(15)9-13)20-16-3-5-18(6-4-16)28(25,26)21-17-7-8-27(23,24)12-17/h3-6,13-15,17,21H,1-2,7-12H2,(H,20,22)/t13-,14-,15+,17-/m0/s1. The fraction of sp³-hybridized carbons (Fsp3) is 0.632. The van der Waals surface area contributed by atoms with Crippen LogP contribution in [-0.2, 0) is 24.7 Å². The van der Waals surface area contributed by atoms with Gasteiger partial charge in [-0.05, 0) is 67.7 Å². The molecule has 0 aromatic heterocycles. The third-order valence-corrected chi connectivity index (χ3v) is 9.64. The molecule has 9 heteroatoms. The topological polar surface area (TPSA) is 109 Å². The third-order valence-electron chi connectivity index (χ3n) is 6.33. The fourth-order valence-corrected chi connectivity index (χ4v) is 8.02. The quantitative estimate of drug-likeness (QED) is 0.722. The summed E-state index contributed by atoms with van der Waals surface area (Å²) < 4.78 is 50.3. The van der Waals surface area contributed by atoms with Crippen LogP contribution in [-0.4, -0.2) is 40.3 Å². The van der Waals surface area contributed by atoms with Crippen molar-refractivity contribution in [2.45, 2.75) is 49.5 Å². The Morgan fingerprint density at radius 1 is 1.07 bits per heavy atom. The molecule has 2 bridgehead atoms. The number of nitrogens with one attached hydrogen (secondary N) is 2. The molecule has 0 radical (unpaired) electrons. The number of carbonyl (C=O) groups is 1. The molecule has 1 saturated heterocycles. The molecule has 2 aliphatic carbocycles. The van der Waals surface area contributed by atoms with E-state index in [1.807, 2.05) is 0 Å². The fourth-order valence-electron chi connectivity index (χ4n) is 4.97. The Balaban J connectivity index is 1.33. The van der Waals surface area contributed by atoms with Crippen LogP contribution in [0.1, 0.15) is 38.5 Å². The number of hydrogen-bond donors (Lipinski definition) is 2. The minimum absolute atomic E-state index is 0.00769. The Labute approximate surface area is 166 Å². The highest BCUT2D eigenvalue weighted by Crippen LogP contribution is 2.49. The molecule has 2 saturated carbocycles. The van der Waals surface area contributed by atoms with E-state index in [-0.39, 0.29) is 22.3 Å². The number of amides is 1. The number of anilines is 1. The number of carbonyl (C=O) groups excluding carboxylic acids is 1. The molecular weight excluding hydrogens is 400 g/mol. The number of hydrogen-bond acceptors (Lipinski definition) is 5. The zero-order chi connectivity index (χ0) is 19.9. The van der Waals surface area contributed by atoms with E-state index in [1.165, 1.54) is 31.4 Å². The Hall–Kier alpha value is -1.45. The molecule has 1 aliphatic heterocycles. The molecule has 2 N–H and O–H groups in total. The summed E-state index contributed by atoms with van der Waals surface area (Å²) in [5.41, 5.74) is 0.565. The van der Waals surface area contributed by atoms with Crippen molar-refractivity contribution in [3.8, 4) is 0 Å². The summed E-state index contributed by atoms with van der Waals surface area (Å²) in [6.45, 7) is 0. The van der Waals surface area contributed by atoms with Crippen LogP contribution in [0.15, 0.2) is 29.2 Å². The van der Waals surface area contributed by atoms with Gasteiger partial charge in [0.2, 0.25) is 15.9 Å². The van der Waals surface area contributed by atoms with Gasteiger partial charge in [-0.15, -0.1) is 0 Å². The van der Waals surface area contributed by atoms with Gasteiger partial charge >= 0.3 is 0 Å². The molecule has 28 heavy (non-hydrogen) atoms. The maximum absolute atomic E-state index is 12.4. The average Bonchev–Trinajstić information content (AvgIpc) is 3.30. The van der Waals surface area contributed by atoms with E-state index in [1.54, 1.807) is 12.1 Å². The van der Waals surface area contributed by atoms with E-state index in [0.717, 1.165) is 12.3 Å². The summed E-state index contributed by atoms with van der Waals surface area (Å²) >= 11 is 0. The molecule has 1 heterocycles. The van der Waals surface area contributed by atoms with Gasteiger partial charge in [0.05, 0.1) is 16.4 Å². The number of sulfonamides is 1. The summed E-state index contributed by atoms with van der Waals surface area (Å²) in [7, 11) is -6.95. The van der Waals surface area contributed by atoms with Gasteiger partial charge < -0.3 is 5.32 Å². The van der Waals surface area contributed by atoms with Crippen LogP contribution in [0.3, 0.4) is 0 Å². The third kappa shape index (κ3) is 4.41. The largest absolute Gasteiger partial charge is 0.326 e. The summed E-state index contributed by atoms with van der Waals surface area (Å²) in [4.78, 5) is 12.4. The maximum atomic E-state index is 12.4. The van der Waals surface area contributed by atoms with Crippen molar-refractivity contribution in [3.63, 3.8) is 0 Å². The number of rotatable bonds is 6. The van der Waals surface area contributed by atoms with Crippen molar-refractivity contribution in [2.24, 2.45) is 17.8 Å². The Kier molecular flexibility index (Phi) is 5.26. The summed E-state index contributed by atoms with van der Waals surface area (Å²) in [5, 5.41) is 2.86. The van der Waals surface area contributed by atoms with E-state index in [2.05, 4.69) is 10.0 Å². The van der Waals surface area contributed by atoms with Gasteiger partial charge in [0, 0.05) is 18.2 Å². The summed E-state index contributed by atoms with van der Waals surface area (Å²) in [6.07, 6.45) is 5.78. The van der Waals surface area contributed by atoms with Gasteiger partial charge in [0.25, 0.3) is 0 Å². The van der Waals surface area contributed by atoms with Gasteiger partial charge in [-0.3, -0.25) is 4.79 Å². The van der Waals surface area contributed by atoms with Gasteiger partial charge in [-0.25, -0.2) is 21.6 Å². The van der Waals surface area contributed by atoms with Gasteiger partial charge in [-0.2, -0.15) is 0 Å². The van der Waals surface area contributed by atoms with Crippen LogP contribution in [0.4, 0.5) is 5.69 Å². The minimum atomic E-state index is -3.79. The maximum Gasteiger partial charge on any atom is 0.240 e. The summed E-state index contributed by atoms with van der Waals surface area (Å²) in [6, 6.07) is 5.41. The SMILES string of the molecule is O=C(C[C@H]1C[C@H]2CC[C@H]1C2)Nc1ccc(S(=O)(=O)N[C@H]2CCS(=O)(=O)C2)cc1. The summed E-state index contributed by atoms with van der Waals surface area (Å²) in [5.74, 6) is 1.79. The molecule has 1 aromatic rings. The van der Waals surface area contributed by atoms with E-state index in [9.17, 15) is 21.6 Å². The molecule has 1 aromatic carbocycles. The van der Waals surface area contributed by atoms with Gasteiger partial charge in [0.15, 0.2) is 9.84 Å². The van der Waals surface area contributed by atoms with Crippen molar-refractivity contribution in [3.05, 3.63) is 24.3 Å². The van der Waals surface area contributed by atoms with E-state index in [0.29, 0.717) is 30.4 Å². The van der Waals surface area contributed by atoms with Crippen LogP contribution >= 0.6 is 0 Å². The average molecular weight is 427 g/mol. The number of fused-ring (bicyclic) bond motifs is 2. The lowest BCUT2D eigenvalue weighted by molar-refractivity contribution is -0.117. The first-order chi connectivity index (χ1) is 13.2. The van der Waals surface area contributed by atoms with Crippen LogP contribution in [0.2, 0.25) is 0 Å². The van der Waals surface area contributed by atoms with Crippen molar-refractivity contribution in [1.29, 1.82) is 0 Å². The number of benzene rings is 1. The van der Waals surface area contributed by atoms with Crippen molar-refractivity contribution in [2.75, 3.05) is 16.8 Å². The van der Waals surface area contributed by atoms with E-state index in [4.69, 9.17) is 0 Å². The van der Waals surface area contributed by atoms with E-state index < -0.39 is 25.9 Å². The zero-order valence-corrected chi connectivity index (χ0v) is 17.3. The molecule has 4 rings (SSSR count). The highest BCUT2D eigenvalue weighted by Gasteiger charge is 2.40. The van der Waals surface area contributed by atoms with Crippen molar-refractivity contribution < 1.29 is 21.6 Å². The normalized spacial score (nSPS) is 31.1. The molecule has 3 fully saturated rings. The lowest BCUT2D eigenvalue weighted by Gasteiger charge is -2.20. The first-order valence-corrected chi connectivity index (χ1v) is 13.1. The molecule has 154 valence electrons. The Bertz CT molecular complexity index is 957. The van der Waals surface area contributed by atoms with E-state index >= 15 is 0 Å². The molecule has 4 atom stereocenters. The molecule has 7 nitrogen and oxygen atoms in total. The second-order valence-electron chi connectivity index (χ2n) is 8.43. The van der Waals surface area contributed by atoms with Gasteiger partial charge in [0.1, 0.15) is 0 Å². The van der Waals surface area contributed by atoms with Crippen LogP contribution < -0.4 is 10.0 Å². The molecule has 0 unspecified atom stereocenters. The number of sulfone groups is 1. The smallest absolute Gasteiger partial charge is 0.240 e. The monoisotopic (exact) mass is 426 g/mol. The Morgan fingerprint density at radius 2 is 1.82 bits per heavy atom. The molecule has 3 aliphatic rings. The second kappa shape index (κ2) is 7.42. The minimum Gasteiger partial charge on any atom is -0.326 e. The highest BCUT2D eigenvalue weighted by atomic mass is 32.2. The van der Waals surface area contributed by atoms with Crippen molar-refractivity contribution >= 4 is 31.5 Å². The molecule has 0 spiro atoms. The predicted molar refractivity (Wildman–Crippen MR) is 106 cm³/mol. The van der Waals surface area contributed by atoms with Crippen LogP contribution in [0, 0.1) is 17.8 Å². The zero-order valence-electron chi connectivity index (χ0n) is 15.6. The van der Waals surface area contributed by atoms with Crippen LogP contribution in [0.25, 0.3) is 0 Å². The van der Waals surface area contributed by atoms with Crippen LogP contribution in [0.5, 0.6) is 0 Å². The van der Waals surface area contributed by atoms with Gasteiger partial charge in [-0.1, -0.05) is 6.42 Å². The first-order valence-electron chi connectivity index (χ1n) is 9.83. The second-order valence-corrected chi connectivity index (χ2v) is 12.4.